The first-order valence-electron chi connectivity index (χ1n) is 9.69. The van der Waals surface area contributed by atoms with Crippen molar-refractivity contribution in [1.82, 2.24) is 15.0 Å². The van der Waals surface area contributed by atoms with Gasteiger partial charge in [0.05, 0.1) is 16.7 Å². The minimum atomic E-state index is -0.152. The number of rotatable bonds is 2. The van der Waals surface area contributed by atoms with Gasteiger partial charge in [-0.15, -0.1) is 0 Å². The predicted molar refractivity (Wildman–Crippen MR) is 118 cm³/mol. The molecule has 3 heterocycles. The largest absolute Gasteiger partial charge is 0.255 e. The second-order valence-corrected chi connectivity index (χ2v) is 6.89. The minimum Gasteiger partial charge on any atom is -0.255 e. The number of hydrogen-bond acceptors (Lipinski definition) is 7. The number of nitrogens with zero attached hydrogens (tertiary/aromatic N) is 8. The third kappa shape index (κ3) is 3.62. The lowest BCUT2D eigenvalue weighted by Gasteiger charge is -2.09. The van der Waals surface area contributed by atoms with Crippen molar-refractivity contribution < 1.29 is 4.57 Å². The Hall–Kier alpha value is -5.44. The lowest BCUT2D eigenvalue weighted by atomic mass is 10.1. The maximum absolute atomic E-state index is 9.49. The summed E-state index contributed by atoms with van der Waals surface area (Å²) in [7, 11) is 1.86. The first kappa shape index (κ1) is 20.8. The van der Waals surface area contributed by atoms with E-state index in [1.165, 1.54) is 12.1 Å². The van der Waals surface area contributed by atoms with Crippen LogP contribution in [0.25, 0.3) is 45.0 Å². The summed E-state index contributed by atoms with van der Waals surface area (Å²) in [5.74, 6) is 0. The molecule has 0 radical (unpaired) electrons. The van der Waals surface area contributed by atoms with Crippen LogP contribution in [0.15, 0.2) is 60.9 Å². The molecular formula is C25H13N8+. The predicted octanol–water partition coefficient (Wildman–Crippen LogP) is 1.58. The monoisotopic (exact) mass is 425 g/mol. The Labute approximate surface area is 188 Å². The lowest BCUT2D eigenvalue weighted by Crippen LogP contribution is -2.31. The highest BCUT2D eigenvalue weighted by molar-refractivity contribution is 5.91. The van der Waals surface area contributed by atoms with Gasteiger partial charge in [-0.1, -0.05) is 6.07 Å². The van der Waals surface area contributed by atoms with E-state index in [0.29, 0.717) is 17.1 Å². The maximum Gasteiger partial charge on any atom is 0.233 e. The molecule has 152 valence electrons. The normalized spacial score (nSPS) is 9.85. The smallest absolute Gasteiger partial charge is 0.233 e. The summed E-state index contributed by atoms with van der Waals surface area (Å²) in [5, 5.41) is 38.5. The third-order valence-electron chi connectivity index (χ3n) is 5.01. The van der Waals surface area contributed by atoms with E-state index < -0.39 is 0 Å². The molecule has 0 aliphatic carbocycles. The van der Waals surface area contributed by atoms with Crippen LogP contribution < -0.4 is 15.0 Å². The number of benzene rings is 1. The summed E-state index contributed by atoms with van der Waals surface area (Å²) in [6, 6.07) is 21.5. The first-order chi connectivity index (χ1) is 16.1. The molecule has 0 saturated carbocycles. The molecule has 3 aromatic heterocycles. The third-order valence-corrected chi connectivity index (χ3v) is 5.01. The van der Waals surface area contributed by atoms with Crippen LogP contribution in [-0.4, -0.2) is 15.0 Å². The van der Waals surface area contributed by atoms with Crippen LogP contribution >= 0.6 is 0 Å². The molecule has 8 heteroatoms. The Bertz CT molecular complexity index is 1680. The van der Waals surface area contributed by atoms with Crippen LogP contribution in [0.4, 0.5) is 0 Å². The van der Waals surface area contributed by atoms with Gasteiger partial charge in [0.25, 0.3) is 0 Å². The number of pyridine rings is 2. The molecule has 0 N–H and O–H groups in total. The standard InChI is InChI=1S/C25H13N8/c1-33-11-5-3-7-21(33)25-24(20-6-2-4-10-30-20)31-22-18(16(12-26)13-27)8-9-19(23(22)32-25)17(14-28)15-29/h2-11H,1H3/q+1. The van der Waals surface area contributed by atoms with Crippen molar-refractivity contribution in [3.05, 3.63) is 71.4 Å². The molecule has 0 aliphatic heterocycles. The summed E-state index contributed by atoms with van der Waals surface area (Å²) in [5.41, 5.74) is 2.36. The summed E-state index contributed by atoms with van der Waals surface area (Å²) < 4.78 is 1.87. The Balaban J connectivity index is 2.34. The van der Waals surface area contributed by atoms with Gasteiger partial charge in [0.1, 0.15) is 48.2 Å². The molecule has 0 saturated heterocycles. The highest BCUT2D eigenvalue weighted by Gasteiger charge is 2.22. The second-order valence-electron chi connectivity index (χ2n) is 6.89. The Morgan fingerprint density at radius 1 is 0.727 bits per heavy atom. The number of aryl methyl sites for hydroxylation is 1. The van der Waals surface area contributed by atoms with Crippen molar-refractivity contribution in [3.8, 4) is 47.1 Å². The van der Waals surface area contributed by atoms with Gasteiger partial charge in [0, 0.05) is 28.8 Å². The van der Waals surface area contributed by atoms with Gasteiger partial charge in [-0.3, -0.25) is 4.98 Å². The summed E-state index contributed by atoms with van der Waals surface area (Å²) in [4.78, 5) is 14.0. The fraction of sp³-hybridized carbons (Fsp3) is 0.0400. The summed E-state index contributed by atoms with van der Waals surface area (Å²) in [6.45, 7) is 0. The highest BCUT2D eigenvalue weighted by Crippen LogP contribution is 2.26. The average molecular weight is 425 g/mol. The van der Waals surface area contributed by atoms with Gasteiger partial charge in [0.2, 0.25) is 5.69 Å². The van der Waals surface area contributed by atoms with Crippen molar-refractivity contribution in [2.75, 3.05) is 0 Å². The van der Waals surface area contributed by atoms with Gasteiger partial charge in [-0.2, -0.15) is 25.6 Å². The van der Waals surface area contributed by atoms with Crippen LogP contribution in [-0.2, 0) is 7.05 Å². The van der Waals surface area contributed by atoms with E-state index in [1.807, 2.05) is 66.4 Å². The molecule has 4 aromatic rings. The van der Waals surface area contributed by atoms with Crippen LogP contribution in [0.3, 0.4) is 0 Å². The average Bonchev–Trinajstić information content (AvgIpc) is 2.86. The van der Waals surface area contributed by atoms with E-state index in [0.717, 1.165) is 5.69 Å². The SMILES string of the molecule is C[n+]1ccccc1-c1nc2c(=C(C#N)C#N)ccc(=C(C#N)C#N)c2nc1-c1ccccn1. The Morgan fingerprint density at radius 3 is 1.82 bits per heavy atom. The number of aromatic nitrogens is 4. The van der Waals surface area contributed by atoms with Crippen LogP contribution in [0.1, 0.15) is 0 Å². The molecule has 0 amide bonds. The van der Waals surface area contributed by atoms with Gasteiger partial charge < -0.3 is 0 Å². The van der Waals surface area contributed by atoms with Crippen LogP contribution in [0, 0.1) is 45.3 Å². The van der Waals surface area contributed by atoms with Gasteiger partial charge >= 0.3 is 0 Å². The first-order valence-corrected chi connectivity index (χ1v) is 9.69. The number of hydrogen-bond donors (Lipinski definition) is 0. The second kappa shape index (κ2) is 8.74. The molecule has 0 bridgehead atoms. The molecule has 4 rings (SSSR count). The van der Waals surface area contributed by atoms with Crippen molar-refractivity contribution in [3.63, 3.8) is 0 Å². The van der Waals surface area contributed by atoms with E-state index in [2.05, 4.69) is 4.98 Å². The Morgan fingerprint density at radius 2 is 1.30 bits per heavy atom. The molecule has 0 aliphatic rings. The molecule has 1 aromatic carbocycles. The zero-order valence-corrected chi connectivity index (χ0v) is 17.4. The Kier molecular flexibility index (Phi) is 5.51. The minimum absolute atomic E-state index is 0.148. The summed E-state index contributed by atoms with van der Waals surface area (Å²) in [6.07, 6.45) is 3.49. The lowest BCUT2D eigenvalue weighted by molar-refractivity contribution is -0.660. The van der Waals surface area contributed by atoms with Gasteiger partial charge in [-0.25, -0.2) is 9.97 Å². The molecule has 0 spiro atoms. The van der Waals surface area contributed by atoms with Crippen molar-refractivity contribution in [2.45, 2.75) is 0 Å². The molecule has 0 atom stereocenters. The zero-order chi connectivity index (χ0) is 23.4. The van der Waals surface area contributed by atoms with E-state index in [-0.39, 0.29) is 32.6 Å². The van der Waals surface area contributed by atoms with Crippen molar-refractivity contribution >= 4 is 22.2 Å². The van der Waals surface area contributed by atoms with E-state index in [9.17, 15) is 21.0 Å². The number of nitriles is 4. The van der Waals surface area contributed by atoms with Crippen molar-refractivity contribution in [2.24, 2.45) is 7.05 Å². The van der Waals surface area contributed by atoms with E-state index in [4.69, 9.17) is 9.97 Å². The van der Waals surface area contributed by atoms with E-state index >= 15 is 0 Å². The van der Waals surface area contributed by atoms with E-state index in [1.54, 1.807) is 18.3 Å². The number of fused-ring (bicyclic) bond motifs is 1. The molecule has 0 fully saturated rings. The zero-order valence-electron chi connectivity index (χ0n) is 17.4. The van der Waals surface area contributed by atoms with Crippen LogP contribution in [0.2, 0.25) is 0 Å². The topological polar surface area (TPSA) is 138 Å². The quantitative estimate of drug-likeness (QED) is 0.444. The van der Waals surface area contributed by atoms with Gasteiger partial charge in [-0.05, 0) is 30.3 Å². The molecular weight excluding hydrogens is 412 g/mol. The van der Waals surface area contributed by atoms with Gasteiger partial charge in [0.15, 0.2) is 11.9 Å². The fourth-order valence-electron chi connectivity index (χ4n) is 3.46. The summed E-state index contributed by atoms with van der Waals surface area (Å²) >= 11 is 0. The fourth-order valence-corrected chi connectivity index (χ4v) is 3.46. The highest BCUT2D eigenvalue weighted by atomic mass is 15.0. The maximum atomic E-state index is 9.49. The van der Waals surface area contributed by atoms with Crippen LogP contribution in [0.5, 0.6) is 0 Å². The molecule has 33 heavy (non-hydrogen) atoms. The van der Waals surface area contributed by atoms with Crippen molar-refractivity contribution in [1.29, 1.82) is 21.0 Å². The molecule has 0 unspecified atom stereocenters. The molecule has 8 nitrogen and oxygen atoms in total.